The lowest BCUT2D eigenvalue weighted by molar-refractivity contribution is 0.519. The SMILES string of the molecule is CN(C)S(=O)(=O)c1ccccc1N1CCCC1CCCN. The molecule has 118 valence electrons. The van der Waals surface area contributed by atoms with E-state index in [0.29, 0.717) is 17.5 Å². The minimum Gasteiger partial charge on any atom is -0.367 e. The van der Waals surface area contributed by atoms with E-state index in [9.17, 15) is 8.42 Å². The molecule has 6 heteroatoms. The molecule has 1 aromatic carbocycles. The van der Waals surface area contributed by atoms with Gasteiger partial charge in [0.25, 0.3) is 0 Å². The van der Waals surface area contributed by atoms with E-state index < -0.39 is 10.0 Å². The van der Waals surface area contributed by atoms with E-state index in [-0.39, 0.29) is 0 Å². The Bertz CT molecular complexity index is 572. The van der Waals surface area contributed by atoms with Crippen LogP contribution in [-0.2, 0) is 10.0 Å². The van der Waals surface area contributed by atoms with Crippen LogP contribution in [-0.4, -0.2) is 45.9 Å². The summed E-state index contributed by atoms with van der Waals surface area (Å²) in [4.78, 5) is 2.64. The fourth-order valence-electron chi connectivity index (χ4n) is 2.92. The van der Waals surface area contributed by atoms with Crippen LogP contribution in [0.4, 0.5) is 5.69 Å². The lowest BCUT2D eigenvalue weighted by atomic mass is 10.1. The fraction of sp³-hybridized carbons (Fsp3) is 0.600. The highest BCUT2D eigenvalue weighted by Gasteiger charge is 2.29. The molecule has 0 spiro atoms. The molecular weight excluding hydrogens is 286 g/mol. The zero-order valence-corrected chi connectivity index (χ0v) is 13.6. The first kappa shape index (κ1) is 16.3. The second kappa shape index (κ2) is 6.77. The van der Waals surface area contributed by atoms with Gasteiger partial charge in [-0.2, -0.15) is 0 Å². The van der Waals surface area contributed by atoms with Gasteiger partial charge in [-0.05, 0) is 44.4 Å². The van der Waals surface area contributed by atoms with Crippen molar-refractivity contribution in [2.45, 2.75) is 36.6 Å². The molecule has 0 aromatic heterocycles. The quantitative estimate of drug-likeness (QED) is 0.867. The highest BCUT2D eigenvalue weighted by atomic mass is 32.2. The molecule has 1 saturated heterocycles. The van der Waals surface area contributed by atoms with Crippen molar-refractivity contribution in [2.24, 2.45) is 5.73 Å². The van der Waals surface area contributed by atoms with Crippen LogP contribution in [0.5, 0.6) is 0 Å². The maximum atomic E-state index is 12.5. The number of para-hydroxylation sites is 1. The number of anilines is 1. The number of hydrogen-bond acceptors (Lipinski definition) is 4. The topological polar surface area (TPSA) is 66.6 Å². The zero-order chi connectivity index (χ0) is 15.5. The maximum Gasteiger partial charge on any atom is 0.244 e. The molecule has 21 heavy (non-hydrogen) atoms. The van der Waals surface area contributed by atoms with Gasteiger partial charge < -0.3 is 10.6 Å². The van der Waals surface area contributed by atoms with Crippen LogP contribution < -0.4 is 10.6 Å². The molecule has 0 radical (unpaired) electrons. The Kier molecular flexibility index (Phi) is 5.24. The first-order valence-corrected chi connectivity index (χ1v) is 8.90. The predicted molar refractivity (Wildman–Crippen MR) is 86.0 cm³/mol. The first-order valence-electron chi connectivity index (χ1n) is 7.46. The molecule has 1 aliphatic heterocycles. The third-order valence-corrected chi connectivity index (χ3v) is 5.91. The van der Waals surface area contributed by atoms with Crippen molar-refractivity contribution in [2.75, 3.05) is 32.1 Å². The van der Waals surface area contributed by atoms with Gasteiger partial charge in [0.2, 0.25) is 10.0 Å². The molecule has 1 atom stereocenters. The van der Waals surface area contributed by atoms with Crippen LogP contribution in [0, 0.1) is 0 Å². The number of nitrogens with two attached hydrogens (primary N) is 1. The molecule has 1 heterocycles. The molecular formula is C15H25N3O2S. The second-order valence-corrected chi connectivity index (χ2v) is 7.80. The van der Waals surface area contributed by atoms with Gasteiger partial charge >= 0.3 is 0 Å². The van der Waals surface area contributed by atoms with Crippen molar-refractivity contribution in [3.63, 3.8) is 0 Å². The summed E-state index contributed by atoms with van der Waals surface area (Å²) in [5, 5.41) is 0. The monoisotopic (exact) mass is 311 g/mol. The number of sulfonamides is 1. The number of hydrogen-bond donors (Lipinski definition) is 1. The van der Waals surface area contributed by atoms with Crippen LogP contribution >= 0.6 is 0 Å². The molecule has 1 aromatic rings. The van der Waals surface area contributed by atoms with Crippen molar-refractivity contribution in [3.05, 3.63) is 24.3 Å². The van der Waals surface area contributed by atoms with Crippen molar-refractivity contribution in [3.8, 4) is 0 Å². The number of nitrogens with zero attached hydrogens (tertiary/aromatic N) is 2. The van der Waals surface area contributed by atoms with Gasteiger partial charge in [0.1, 0.15) is 4.90 Å². The van der Waals surface area contributed by atoms with Gasteiger partial charge in [-0.25, -0.2) is 12.7 Å². The van der Waals surface area contributed by atoms with Crippen molar-refractivity contribution < 1.29 is 8.42 Å². The second-order valence-electron chi connectivity index (χ2n) is 5.68. The Morgan fingerprint density at radius 2 is 2.05 bits per heavy atom. The molecule has 1 fully saturated rings. The van der Waals surface area contributed by atoms with E-state index in [1.807, 2.05) is 12.1 Å². The van der Waals surface area contributed by atoms with Crippen LogP contribution in [0.25, 0.3) is 0 Å². The smallest absolute Gasteiger partial charge is 0.244 e. The van der Waals surface area contributed by atoms with E-state index in [2.05, 4.69) is 4.90 Å². The van der Waals surface area contributed by atoms with E-state index in [1.54, 1.807) is 26.2 Å². The zero-order valence-electron chi connectivity index (χ0n) is 12.8. The van der Waals surface area contributed by atoms with Gasteiger partial charge in [0.15, 0.2) is 0 Å². The molecule has 0 saturated carbocycles. The molecule has 0 aliphatic carbocycles. The molecule has 5 nitrogen and oxygen atoms in total. The van der Waals surface area contributed by atoms with Crippen molar-refractivity contribution in [1.29, 1.82) is 0 Å². The van der Waals surface area contributed by atoms with Gasteiger partial charge in [-0.3, -0.25) is 0 Å². The molecule has 2 N–H and O–H groups in total. The average molecular weight is 311 g/mol. The molecule has 1 unspecified atom stereocenters. The minimum absolute atomic E-state index is 0.395. The summed E-state index contributed by atoms with van der Waals surface area (Å²) in [7, 11) is -0.279. The van der Waals surface area contributed by atoms with Gasteiger partial charge in [-0.15, -0.1) is 0 Å². The summed E-state index contributed by atoms with van der Waals surface area (Å²) in [5.41, 5.74) is 6.43. The third-order valence-electron chi connectivity index (χ3n) is 4.05. The van der Waals surface area contributed by atoms with E-state index in [1.165, 1.54) is 4.31 Å². The largest absolute Gasteiger partial charge is 0.367 e. The van der Waals surface area contributed by atoms with Crippen LogP contribution in [0.3, 0.4) is 0 Å². The predicted octanol–water partition coefficient (Wildman–Crippen LogP) is 1.64. The molecule has 0 bridgehead atoms. The summed E-state index contributed by atoms with van der Waals surface area (Å²) in [6, 6.07) is 7.69. The Morgan fingerprint density at radius 1 is 1.33 bits per heavy atom. The summed E-state index contributed by atoms with van der Waals surface area (Å²) in [6.45, 7) is 1.59. The van der Waals surface area contributed by atoms with Crippen LogP contribution in [0.1, 0.15) is 25.7 Å². The van der Waals surface area contributed by atoms with Gasteiger partial charge in [0.05, 0.1) is 5.69 Å². The fourth-order valence-corrected chi connectivity index (χ4v) is 4.01. The highest BCUT2D eigenvalue weighted by Crippen LogP contribution is 2.33. The first-order chi connectivity index (χ1) is 9.98. The van der Waals surface area contributed by atoms with E-state index >= 15 is 0 Å². The van der Waals surface area contributed by atoms with Gasteiger partial charge in [0, 0.05) is 26.7 Å². The molecule has 1 aliphatic rings. The Hall–Kier alpha value is -1.11. The lowest BCUT2D eigenvalue weighted by Gasteiger charge is -2.29. The molecule has 0 amide bonds. The maximum absolute atomic E-state index is 12.5. The third kappa shape index (κ3) is 3.39. The minimum atomic E-state index is -3.42. The van der Waals surface area contributed by atoms with Crippen LogP contribution in [0.2, 0.25) is 0 Å². The average Bonchev–Trinajstić information content (AvgIpc) is 2.93. The summed E-state index contributed by atoms with van der Waals surface area (Å²) < 4.78 is 26.3. The standard InChI is InChI=1S/C15H25N3O2S/c1-17(2)21(19,20)15-10-4-3-9-14(15)18-12-6-8-13(18)7-5-11-16/h3-4,9-10,13H,5-8,11-12,16H2,1-2H3. The van der Waals surface area contributed by atoms with E-state index in [4.69, 9.17) is 5.73 Å². The normalized spacial score (nSPS) is 19.4. The summed E-state index contributed by atoms with van der Waals surface area (Å²) in [5.74, 6) is 0. The van der Waals surface area contributed by atoms with E-state index in [0.717, 1.165) is 37.9 Å². The summed E-state index contributed by atoms with van der Waals surface area (Å²) >= 11 is 0. The van der Waals surface area contributed by atoms with Crippen LogP contribution in [0.15, 0.2) is 29.2 Å². The highest BCUT2D eigenvalue weighted by molar-refractivity contribution is 7.89. The van der Waals surface area contributed by atoms with Crippen molar-refractivity contribution >= 4 is 15.7 Å². The number of rotatable bonds is 6. The van der Waals surface area contributed by atoms with Crippen molar-refractivity contribution in [1.82, 2.24) is 4.31 Å². The Labute approximate surface area is 127 Å². The lowest BCUT2D eigenvalue weighted by Crippen LogP contribution is -2.32. The summed E-state index contributed by atoms with van der Waals surface area (Å²) in [6.07, 6.45) is 4.21. The Balaban J connectivity index is 2.36. The van der Waals surface area contributed by atoms with Gasteiger partial charge in [-0.1, -0.05) is 12.1 Å². The number of benzene rings is 1. The Morgan fingerprint density at radius 3 is 2.71 bits per heavy atom. The molecule has 2 rings (SSSR count).